The Morgan fingerprint density at radius 3 is 2.76 bits per heavy atom. The van der Waals surface area contributed by atoms with Gasteiger partial charge in [-0.2, -0.15) is 0 Å². The van der Waals surface area contributed by atoms with Crippen molar-refractivity contribution in [2.24, 2.45) is 11.8 Å². The summed E-state index contributed by atoms with van der Waals surface area (Å²) in [5, 5.41) is 9.57. The van der Waals surface area contributed by atoms with Gasteiger partial charge in [-0.3, -0.25) is 0 Å². The van der Waals surface area contributed by atoms with Crippen LogP contribution in [0.1, 0.15) is 52.4 Å². The van der Waals surface area contributed by atoms with Crippen LogP contribution in [0.4, 0.5) is 0 Å². The fraction of sp³-hybridized carbons (Fsp3) is 0.812. The molecule has 1 aliphatic heterocycles. The summed E-state index contributed by atoms with van der Waals surface area (Å²) in [6.07, 6.45) is 7.26. The van der Waals surface area contributed by atoms with E-state index in [0.717, 1.165) is 38.5 Å². The molecule has 3 unspecified atom stereocenters. The average Bonchev–Trinajstić information content (AvgIpc) is 2.52. The highest BCUT2D eigenvalue weighted by atomic mass is 17.1. The van der Waals surface area contributed by atoms with Crippen LogP contribution in [0, 0.1) is 11.8 Å². The van der Waals surface area contributed by atoms with Gasteiger partial charge in [0, 0.05) is 17.4 Å². The summed E-state index contributed by atoms with van der Waals surface area (Å²) in [5.41, 5.74) is 0.583. The summed E-state index contributed by atoms with van der Waals surface area (Å²) in [6.45, 7) is 4.66. The molecular weight excluding hydrogens is 272 g/mol. The molecule has 1 aliphatic carbocycles. The number of rotatable bonds is 5. The lowest BCUT2D eigenvalue weighted by Crippen LogP contribution is -2.55. The lowest BCUT2D eigenvalue weighted by molar-refractivity contribution is -0.447. The quantitative estimate of drug-likeness (QED) is 0.365. The van der Waals surface area contributed by atoms with Gasteiger partial charge in [0.25, 0.3) is 0 Å². The number of allylic oxidation sites excluding steroid dienone is 1. The molecule has 2 aliphatic rings. The van der Waals surface area contributed by atoms with E-state index >= 15 is 0 Å². The van der Waals surface area contributed by atoms with E-state index in [1.54, 1.807) is 6.92 Å². The highest BCUT2D eigenvalue weighted by Gasteiger charge is 2.54. The standard InChI is InChI=1S/C16H26O5/c1-3-7-13(15(17)19-4-2)14-10-5-8-12-9-6-11-20-16(12,14)21-18/h7,12,14,18H,3-6,8-11H2,1-2H3/b13-7+. The molecule has 2 rings (SSSR count). The summed E-state index contributed by atoms with van der Waals surface area (Å²) in [7, 11) is 0. The fourth-order valence-corrected chi connectivity index (χ4v) is 3.72. The number of carbonyl (C=O) groups excluding carboxylic acids is 1. The third-order valence-corrected chi connectivity index (χ3v) is 4.58. The molecule has 0 aromatic carbocycles. The van der Waals surface area contributed by atoms with E-state index in [-0.39, 0.29) is 17.8 Å². The molecule has 3 atom stereocenters. The number of esters is 1. The topological polar surface area (TPSA) is 65.0 Å². The van der Waals surface area contributed by atoms with Crippen LogP contribution in [0.5, 0.6) is 0 Å². The molecule has 0 spiro atoms. The van der Waals surface area contributed by atoms with E-state index < -0.39 is 5.79 Å². The Kier molecular flexibility index (Phi) is 5.79. The van der Waals surface area contributed by atoms with Crippen LogP contribution in [0.15, 0.2) is 11.6 Å². The highest BCUT2D eigenvalue weighted by molar-refractivity contribution is 5.89. The van der Waals surface area contributed by atoms with Crippen molar-refractivity contribution in [2.75, 3.05) is 13.2 Å². The number of hydrogen-bond acceptors (Lipinski definition) is 5. The van der Waals surface area contributed by atoms with Crippen molar-refractivity contribution in [3.8, 4) is 0 Å². The zero-order chi connectivity index (χ0) is 15.3. The zero-order valence-electron chi connectivity index (χ0n) is 13.0. The van der Waals surface area contributed by atoms with E-state index in [9.17, 15) is 10.1 Å². The van der Waals surface area contributed by atoms with Gasteiger partial charge in [-0.05, 0) is 39.0 Å². The van der Waals surface area contributed by atoms with Crippen LogP contribution in [0.2, 0.25) is 0 Å². The second-order valence-corrected chi connectivity index (χ2v) is 5.77. The summed E-state index contributed by atoms with van der Waals surface area (Å²) in [6, 6.07) is 0. The lowest BCUT2D eigenvalue weighted by atomic mass is 9.69. The van der Waals surface area contributed by atoms with Gasteiger partial charge >= 0.3 is 5.97 Å². The van der Waals surface area contributed by atoms with E-state index in [1.165, 1.54) is 0 Å². The average molecular weight is 298 g/mol. The van der Waals surface area contributed by atoms with Gasteiger partial charge in [-0.25, -0.2) is 14.9 Å². The van der Waals surface area contributed by atoms with Gasteiger partial charge < -0.3 is 9.47 Å². The van der Waals surface area contributed by atoms with Gasteiger partial charge in [0.1, 0.15) is 0 Å². The van der Waals surface area contributed by atoms with Crippen molar-refractivity contribution in [1.29, 1.82) is 0 Å². The first-order chi connectivity index (χ1) is 10.2. The Morgan fingerprint density at radius 1 is 1.33 bits per heavy atom. The van der Waals surface area contributed by atoms with Crippen LogP contribution < -0.4 is 0 Å². The second-order valence-electron chi connectivity index (χ2n) is 5.77. The molecule has 21 heavy (non-hydrogen) atoms. The third kappa shape index (κ3) is 3.15. The molecule has 1 saturated carbocycles. The van der Waals surface area contributed by atoms with Gasteiger partial charge in [0.2, 0.25) is 5.79 Å². The van der Waals surface area contributed by atoms with Crippen molar-refractivity contribution >= 4 is 5.97 Å². The Balaban J connectivity index is 2.32. The Hall–Kier alpha value is -0.910. The molecule has 0 bridgehead atoms. The largest absolute Gasteiger partial charge is 0.463 e. The van der Waals surface area contributed by atoms with Crippen LogP contribution >= 0.6 is 0 Å². The van der Waals surface area contributed by atoms with Gasteiger partial charge in [0.15, 0.2) is 0 Å². The maximum absolute atomic E-state index is 12.3. The number of carbonyl (C=O) groups is 1. The first-order valence-corrected chi connectivity index (χ1v) is 8.03. The molecule has 0 radical (unpaired) electrons. The first-order valence-electron chi connectivity index (χ1n) is 8.03. The highest BCUT2D eigenvalue weighted by Crippen LogP contribution is 2.49. The molecule has 1 saturated heterocycles. The van der Waals surface area contributed by atoms with E-state index in [2.05, 4.69) is 0 Å². The van der Waals surface area contributed by atoms with Crippen molar-refractivity contribution in [2.45, 2.75) is 58.2 Å². The molecule has 1 N–H and O–H groups in total. The summed E-state index contributed by atoms with van der Waals surface area (Å²) >= 11 is 0. The minimum Gasteiger partial charge on any atom is -0.463 e. The minimum atomic E-state index is -1.08. The summed E-state index contributed by atoms with van der Waals surface area (Å²) in [5.74, 6) is -1.54. The maximum atomic E-state index is 12.3. The second kappa shape index (κ2) is 7.38. The first kappa shape index (κ1) is 16.5. The molecular formula is C16H26O5. The molecule has 0 aromatic heterocycles. The van der Waals surface area contributed by atoms with Crippen LogP contribution in [0.3, 0.4) is 0 Å². The van der Waals surface area contributed by atoms with E-state index in [1.807, 2.05) is 13.0 Å². The fourth-order valence-electron chi connectivity index (χ4n) is 3.72. The molecule has 1 heterocycles. The molecule has 2 fully saturated rings. The predicted octanol–water partition coefficient (Wildman–Crippen LogP) is 3.30. The zero-order valence-corrected chi connectivity index (χ0v) is 13.0. The van der Waals surface area contributed by atoms with Crippen molar-refractivity contribution < 1.29 is 24.4 Å². The van der Waals surface area contributed by atoms with E-state index in [4.69, 9.17) is 14.4 Å². The Morgan fingerprint density at radius 2 is 2.10 bits per heavy atom. The van der Waals surface area contributed by atoms with Crippen molar-refractivity contribution in [1.82, 2.24) is 0 Å². The van der Waals surface area contributed by atoms with Crippen LogP contribution in [-0.4, -0.2) is 30.2 Å². The molecule has 5 heteroatoms. The van der Waals surface area contributed by atoms with Gasteiger partial charge in [-0.15, -0.1) is 0 Å². The van der Waals surface area contributed by atoms with Crippen LogP contribution in [-0.2, 0) is 19.2 Å². The molecule has 0 amide bonds. The monoisotopic (exact) mass is 298 g/mol. The lowest BCUT2D eigenvalue weighted by Gasteiger charge is -2.49. The van der Waals surface area contributed by atoms with Gasteiger partial charge in [-0.1, -0.05) is 19.4 Å². The van der Waals surface area contributed by atoms with E-state index in [0.29, 0.717) is 18.8 Å². The minimum absolute atomic E-state index is 0.129. The molecule has 120 valence electrons. The van der Waals surface area contributed by atoms with Crippen LogP contribution in [0.25, 0.3) is 0 Å². The van der Waals surface area contributed by atoms with Gasteiger partial charge in [0.05, 0.1) is 13.2 Å². The number of ether oxygens (including phenoxy) is 2. The molecule has 5 nitrogen and oxygen atoms in total. The molecule has 0 aromatic rings. The van der Waals surface area contributed by atoms with Crippen molar-refractivity contribution in [3.05, 3.63) is 11.6 Å². The maximum Gasteiger partial charge on any atom is 0.334 e. The smallest absolute Gasteiger partial charge is 0.334 e. The Labute approximate surface area is 126 Å². The summed E-state index contributed by atoms with van der Waals surface area (Å²) < 4.78 is 11.0. The third-order valence-electron chi connectivity index (χ3n) is 4.58. The number of fused-ring (bicyclic) bond motifs is 1. The van der Waals surface area contributed by atoms with Crippen molar-refractivity contribution in [3.63, 3.8) is 0 Å². The Bertz CT molecular complexity index is 390. The number of hydrogen-bond donors (Lipinski definition) is 1. The normalized spacial score (nSPS) is 33.4. The SMILES string of the molecule is CC/C=C(/C(=O)OCC)C1CCCC2CCCOC21OO. The predicted molar refractivity (Wildman–Crippen MR) is 77.5 cm³/mol. The summed E-state index contributed by atoms with van der Waals surface area (Å²) in [4.78, 5) is 17.2.